The Labute approximate surface area is 205 Å². The monoisotopic (exact) mass is 471 g/mol. The van der Waals surface area contributed by atoms with Gasteiger partial charge in [-0.3, -0.25) is 20.3 Å². The van der Waals surface area contributed by atoms with E-state index in [0.717, 1.165) is 34.5 Å². The van der Waals surface area contributed by atoms with Crippen LogP contribution < -0.4 is 10.9 Å². The molecule has 5 rings (SSSR count). The lowest BCUT2D eigenvalue weighted by molar-refractivity contribution is 0.0933. The summed E-state index contributed by atoms with van der Waals surface area (Å²) in [7, 11) is 1.86. The topological polar surface area (TPSA) is 85.0 Å². The summed E-state index contributed by atoms with van der Waals surface area (Å²) in [6.45, 7) is 10.8. The van der Waals surface area contributed by atoms with Crippen LogP contribution in [0.3, 0.4) is 0 Å². The fraction of sp³-hybridized carbons (Fsp3) is 0.393. The predicted octanol–water partition coefficient (Wildman–Crippen LogP) is 5.45. The van der Waals surface area contributed by atoms with Crippen molar-refractivity contribution in [1.29, 1.82) is 0 Å². The van der Waals surface area contributed by atoms with Crippen LogP contribution in [0.4, 0.5) is 5.82 Å². The average molecular weight is 472 g/mol. The number of hydrogen-bond donors (Lipinski definition) is 2. The summed E-state index contributed by atoms with van der Waals surface area (Å²) in [5, 5.41) is 5.46. The van der Waals surface area contributed by atoms with Gasteiger partial charge in [-0.15, -0.1) is 0 Å². The van der Waals surface area contributed by atoms with Gasteiger partial charge in [0, 0.05) is 18.9 Å². The second kappa shape index (κ2) is 8.56. The molecule has 7 nitrogen and oxygen atoms in total. The second-order valence-electron chi connectivity index (χ2n) is 10.4. The van der Waals surface area contributed by atoms with Gasteiger partial charge in [0.15, 0.2) is 11.4 Å². The SMILES string of the molecule is Cc1cc2c(cc1Cc1ccc(C(=O)NNc3cc(C)c4c(C)nn(C)c4n3)o1)C(C)(C)CCC2. The summed E-state index contributed by atoms with van der Waals surface area (Å²) in [5.74, 6) is 1.23. The smallest absolute Gasteiger partial charge is 0.305 e. The van der Waals surface area contributed by atoms with Gasteiger partial charge in [0.1, 0.15) is 11.6 Å². The number of carbonyl (C=O) groups is 1. The third-order valence-electron chi connectivity index (χ3n) is 7.26. The van der Waals surface area contributed by atoms with Gasteiger partial charge in [-0.2, -0.15) is 5.10 Å². The van der Waals surface area contributed by atoms with E-state index in [-0.39, 0.29) is 17.1 Å². The maximum absolute atomic E-state index is 12.7. The first kappa shape index (κ1) is 23.1. The van der Waals surface area contributed by atoms with Crippen LogP contribution in [0.1, 0.15) is 76.5 Å². The first-order valence-electron chi connectivity index (χ1n) is 12.2. The Bertz CT molecular complexity index is 1440. The van der Waals surface area contributed by atoms with E-state index < -0.39 is 0 Å². The molecule has 3 aromatic heterocycles. The molecule has 0 radical (unpaired) electrons. The maximum Gasteiger partial charge on any atom is 0.305 e. The highest BCUT2D eigenvalue weighted by Crippen LogP contribution is 2.38. The molecule has 1 aromatic carbocycles. The third kappa shape index (κ3) is 4.31. The highest BCUT2D eigenvalue weighted by Gasteiger charge is 2.28. The lowest BCUT2D eigenvalue weighted by atomic mass is 9.71. The normalized spacial score (nSPS) is 14.7. The molecule has 1 aliphatic rings. The fourth-order valence-corrected chi connectivity index (χ4v) is 5.38. The predicted molar refractivity (Wildman–Crippen MR) is 138 cm³/mol. The summed E-state index contributed by atoms with van der Waals surface area (Å²) in [6, 6.07) is 10.2. The molecule has 0 atom stereocenters. The highest BCUT2D eigenvalue weighted by molar-refractivity contribution is 5.92. The highest BCUT2D eigenvalue weighted by atomic mass is 16.4. The number of hydrogen-bond acceptors (Lipinski definition) is 5. The molecule has 4 aromatic rings. The number of carbonyl (C=O) groups excluding carboxylic acids is 1. The summed E-state index contributed by atoms with van der Waals surface area (Å²) < 4.78 is 7.66. The van der Waals surface area contributed by atoms with Crippen LogP contribution in [0.15, 0.2) is 34.7 Å². The van der Waals surface area contributed by atoms with Gasteiger partial charge < -0.3 is 4.42 Å². The Hall–Kier alpha value is -3.61. The fourth-order valence-electron chi connectivity index (χ4n) is 5.38. The van der Waals surface area contributed by atoms with E-state index in [1.807, 2.05) is 33.0 Å². The van der Waals surface area contributed by atoms with E-state index >= 15 is 0 Å². The number of fused-ring (bicyclic) bond motifs is 2. The summed E-state index contributed by atoms with van der Waals surface area (Å²) in [4.78, 5) is 17.3. The Balaban J connectivity index is 1.29. The zero-order chi connectivity index (χ0) is 24.9. The van der Waals surface area contributed by atoms with Gasteiger partial charge in [-0.25, -0.2) is 4.98 Å². The molecule has 35 heavy (non-hydrogen) atoms. The van der Waals surface area contributed by atoms with Crippen molar-refractivity contribution in [3.63, 3.8) is 0 Å². The zero-order valence-corrected chi connectivity index (χ0v) is 21.4. The van der Waals surface area contributed by atoms with Gasteiger partial charge in [-0.05, 0) is 91.5 Å². The van der Waals surface area contributed by atoms with E-state index in [2.05, 4.69) is 53.8 Å². The number of furan rings is 1. The molecular weight excluding hydrogens is 438 g/mol. The minimum Gasteiger partial charge on any atom is -0.456 e. The molecule has 7 heteroatoms. The number of hydrazine groups is 1. The number of aryl methyl sites for hydroxylation is 5. The van der Waals surface area contributed by atoms with Crippen LogP contribution in [0.2, 0.25) is 0 Å². The van der Waals surface area contributed by atoms with Gasteiger partial charge >= 0.3 is 5.91 Å². The van der Waals surface area contributed by atoms with Gasteiger partial charge in [0.05, 0.1) is 5.69 Å². The summed E-state index contributed by atoms with van der Waals surface area (Å²) in [5.41, 5.74) is 14.0. The zero-order valence-electron chi connectivity index (χ0n) is 21.4. The van der Waals surface area contributed by atoms with Crippen molar-refractivity contribution >= 4 is 22.8 Å². The molecule has 0 fully saturated rings. The Morgan fingerprint density at radius 1 is 1.14 bits per heavy atom. The van der Waals surface area contributed by atoms with E-state index in [1.54, 1.807) is 10.7 Å². The molecule has 0 saturated heterocycles. The summed E-state index contributed by atoms with van der Waals surface area (Å²) >= 11 is 0. The molecule has 1 amide bonds. The number of pyridine rings is 1. The Morgan fingerprint density at radius 2 is 1.94 bits per heavy atom. The number of rotatable bonds is 5. The molecule has 0 spiro atoms. The number of aromatic nitrogens is 3. The van der Waals surface area contributed by atoms with Crippen molar-refractivity contribution in [3.05, 3.63) is 75.4 Å². The van der Waals surface area contributed by atoms with Crippen LogP contribution in [-0.4, -0.2) is 20.7 Å². The van der Waals surface area contributed by atoms with Gasteiger partial charge in [0.2, 0.25) is 0 Å². The van der Waals surface area contributed by atoms with E-state index in [1.165, 1.54) is 35.1 Å². The Morgan fingerprint density at radius 3 is 2.74 bits per heavy atom. The van der Waals surface area contributed by atoms with Crippen molar-refractivity contribution in [2.24, 2.45) is 7.05 Å². The van der Waals surface area contributed by atoms with Crippen molar-refractivity contribution in [3.8, 4) is 0 Å². The van der Waals surface area contributed by atoms with Crippen molar-refractivity contribution in [1.82, 2.24) is 20.2 Å². The minimum atomic E-state index is -0.347. The average Bonchev–Trinajstić information content (AvgIpc) is 3.37. The number of nitrogens with zero attached hydrogens (tertiary/aromatic N) is 3. The van der Waals surface area contributed by atoms with Crippen molar-refractivity contribution in [2.45, 2.75) is 65.7 Å². The standard InChI is InChI=1S/C28H33N5O2/c1-16-12-19-8-7-11-28(4,5)22(19)15-20(16)14-21-9-10-23(35-21)27(34)31-30-24-13-17(2)25-18(3)32-33(6)26(25)29-24/h9-10,12-13,15H,7-8,11,14H2,1-6H3,(H,29,30)(H,31,34). The molecule has 182 valence electrons. The lowest BCUT2D eigenvalue weighted by Crippen LogP contribution is -2.29. The van der Waals surface area contributed by atoms with E-state index in [9.17, 15) is 4.79 Å². The van der Waals surface area contributed by atoms with Gasteiger partial charge in [0.25, 0.3) is 0 Å². The minimum absolute atomic E-state index is 0.194. The number of anilines is 1. The molecular formula is C28H33N5O2. The first-order chi connectivity index (χ1) is 16.6. The molecule has 0 bridgehead atoms. The summed E-state index contributed by atoms with van der Waals surface area (Å²) in [6.07, 6.45) is 4.27. The number of benzene rings is 1. The van der Waals surface area contributed by atoms with Crippen LogP contribution in [0.5, 0.6) is 0 Å². The lowest BCUT2D eigenvalue weighted by Gasteiger charge is -2.33. The Kier molecular flexibility index (Phi) is 5.66. The molecule has 0 unspecified atom stereocenters. The molecule has 0 aliphatic heterocycles. The van der Waals surface area contributed by atoms with Crippen molar-refractivity contribution in [2.75, 3.05) is 5.43 Å². The van der Waals surface area contributed by atoms with E-state index in [0.29, 0.717) is 12.2 Å². The van der Waals surface area contributed by atoms with Gasteiger partial charge in [-0.1, -0.05) is 26.0 Å². The number of nitrogens with one attached hydrogen (secondary N) is 2. The molecule has 1 aliphatic carbocycles. The molecule has 0 saturated carbocycles. The molecule has 3 heterocycles. The largest absolute Gasteiger partial charge is 0.456 e. The second-order valence-corrected chi connectivity index (χ2v) is 10.4. The number of amides is 1. The van der Waals surface area contributed by atoms with E-state index in [4.69, 9.17) is 4.42 Å². The van der Waals surface area contributed by atoms with Crippen LogP contribution in [0, 0.1) is 20.8 Å². The third-order valence-corrected chi connectivity index (χ3v) is 7.26. The quantitative estimate of drug-likeness (QED) is 0.378. The van der Waals surface area contributed by atoms with Crippen LogP contribution in [-0.2, 0) is 25.3 Å². The van der Waals surface area contributed by atoms with Crippen LogP contribution >= 0.6 is 0 Å². The molecule has 2 N–H and O–H groups in total. The maximum atomic E-state index is 12.7. The first-order valence-corrected chi connectivity index (χ1v) is 12.2. The van der Waals surface area contributed by atoms with Crippen molar-refractivity contribution < 1.29 is 9.21 Å². The van der Waals surface area contributed by atoms with Crippen LogP contribution in [0.25, 0.3) is 11.0 Å².